The highest BCUT2D eigenvalue weighted by Crippen LogP contribution is 2.28. The van der Waals surface area contributed by atoms with Crippen molar-refractivity contribution in [3.05, 3.63) is 58.3 Å². The van der Waals surface area contributed by atoms with E-state index in [2.05, 4.69) is 21.2 Å². The molecule has 0 bridgehead atoms. The second kappa shape index (κ2) is 5.85. The zero-order valence-corrected chi connectivity index (χ0v) is 13.4. The lowest BCUT2D eigenvalue weighted by Gasteiger charge is -2.24. The lowest BCUT2D eigenvalue weighted by Crippen LogP contribution is -2.34. The van der Waals surface area contributed by atoms with Crippen LogP contribution in [-0.4, -0.2) is 5.91 Å². The molecule has 2 rings (SSSR count). The number of hydrogen-bond acceptors (Lipinski definition) is 2. The van der Waals surface area contributed by atoms with Crippen LogP contribution in [0.25, 0.3) is 0 Å². The molecule has 0 unspecified atom stereocenters. The number of carbonyl (C=O) groups excluding carboxylic acids is 1. The van der Waals surface area contributed by atoms with E-state index in [4.69, 9.17) is 5.73 Å². The van der Waals surface area contributed by atoms with Crippen LogP contribution in [0, 0.1) is 5.82 Å². The Labute approximate surface area is 131 Å². The van der Waals surface area contributed by atoms with E-state index in [1.807, 2.05) is 26.0 Å². The quantitative estimate of drug-likeness (QED) is 0.819. The number of rotatable bonds is 3. The van der Waals surface area contributed by atoms with Gasteiger partial charge >= 0.3 is 0 Å². The fourth-order valence-corrected chi connectivity index (χ4v) is 2.35. The molecule has 21 heavy (non-hydrogen) atoms. The zero-order chi connectivity index (χ0) is 15.6. The highest BCUT2D eigenvalue weighted by molar-refractivity contribution is 9.10. The van der Waals surface area contributed by atoms with E-state index in [-0.39, 0.29) is 11.7 Å². The van der Waals surface area contributed by atoms with Crippen LogP contribution in [-0.2, 0) is 10.2 Å². The standard InChI is InChI=1S/C16H16BrFN2O/c1-16(2,10-3-6-12(19)7-4-10)15(21)20-14-8-5-11(18)9-13(14)17/h3-9H,19H2,1-2H3,(H,20,21). The number of hydrogen-bond donors (Lipinski definition) is 2. The van der Waals surface area contributed by atoms with E-state index in [9.17, 15) is 9.18 Å². The summed E-state index contributed by atoms with van der Waals surface area (Å²) in [6.07, 6.45) is 0. The van der Waals surface area contributed by atoms with E-state index < -0.39 is 5.41 Å². The Hall–Kier alpha value is -1.88. The molecule has 3 N–H and O–H groups in total. The molecule has 0 spiro atoms. The van der Waals surface area contributed by atoms with Gasteiger partial charge in [-0.15, -0.1) is 0 Å². The van der Waals surface area contributed by atoms with E-state index >= 15 is 0 Å². The summed E-state index contributed by atoms with van der Waals surface area (Å²) in [5, 5.41) is 2.81. The molecule has 0 radical (unpaired) electrons. The summed E-state index contributed by atoms with van der Waals surface area (Å²) < 4.78 is 13.6. The maximum Gasteiger partial charge on any atom is 0.234 e. The average Bonchev–Trinajstić information content (AvgIpc) is 2.42. The topological polar surface area (TPSA) is 55.1 Å². The first-order valence-corrected chi connectivity index (χ1v) is 7.22. The summed E-state index contributed by atoms with van der Waals surface area (Å²) in [6, 6.07) is 11.3. The third-order valence-corrected chi connectivity index (χ3v) is 4.04. The van der Waals surface area contributed by atoms with Crippen molar-refractivity contribution >= 4 is 33.2 Å². The van der Waals surface area contributed by atoms with Crippen molar-refractivity contribution in [3.8, 4) is 0 Å². The third-order valence-electron chi connectivity index (χ3n) is 3.38. The summed E-state index contributed by atoms with van der Waals surface area (Å²) in [7, 11) is 0. The van der Waals surface area contributed by atoms with E-state index in [0.717, 1.165) is 5.56 Å². The number of amides is 1. The Balaban J connectivity index is 2.24. The molecule has 0 aliphatic heterocycles. The fraction of sp³-hybridized carbons (Fsp3) is 0.188. The first-order valence-electron chi connectivity index (χ1n) is 6.43. The maximum absolute atomic E-state index is 13.1. The molecule has 0 aliphatic carbocycles. The Morgan fingerprint density at radius 1 is 1.19 bits per heavy atom. The molecule has 2 aromatic carbocycles. The molecule has 2 aromatic rings. The summed E-state index contributed by atoms with van der Waals surface area (Å²) in [5.74, 6) is -0.544. The second-order valence-electron chi connectivity index (χ2n) is 5.33. The Morgan fingerprint density at radius 3 is 2.38 bits per heavy atom. The molecular weight excluding hydrogens is 335 g/mol. The van der Waals surface area contributed by atoms with E-state index in [0.29, 0.717) is 15.8 Å². The lowest BCUT2D eigenvalue weighted by molar-refractivity contribution is -0.120. The van der Waals surface area contributed by atoms with Gasteiger partial charge in [0.1, 0.15) is 5.82 Å². The number of halogens is 2. The molecule has 0 heterocycles. The van der Waals surface area contributed by atoms with E-state index in [1.165, 1.54) is 18.2 Å². The molecule has 0 aliphatic rings. The van der Waals surface area contributed by atoms with Gasteiger partial charge < -0.3 is 11.1 Å². The van der Waals surface area contributed by atoms with Crippen molar-refractivity contribution < 1.29 is 9.18 Å². The second-order valence-corrected chi connectivity index (χ2v) is 6.18. The van der Waals surface area contributed by atoms with Gasteiger partial charge in [-0.25, -0.2) is 4.39 Å². The lowest BCUT2D eigenvalue weighted by atomic mass is 9.83. The van der Waals surface area contributed by atoms with Crippen LogP contribution < -0.4 is 11.1 Å². The average molecular weight is 351 g/mol. The van der Waals surface area contributed by atoms with Gasteiger partial charge in [-0.05, 0) is 65.7 Å². The number of nitrogens with two attached hydrogens (primary N) is 1. The first kappa shape index (κ1) is 15.5. The van der Waals surface area contributed by atoms with Gasteiger partial charge in [0.15, 0.2) is 0 Å². The molecule has 0 saturated heterocycles. The number of benzene rings is 2. The van der Waals surface area contributed by atoms with Crippen molar-refractivity contribution in [2.24, 2.45) is 0 Å². The van der Waals surface area contributed by atoms with Gasteiger partial charge in [-0.1, -0.05) is 12.1 Å². The highest BCUT2D eigenvalue weighted by atomic mass is 79.9. The van der Waals surface area contributed by atoms with Crippen molar-refractivity contribution in [1.29, 1.82) is 0 Å². The van der Waals surface area contributed by atoms with Crippen LogP contribution in [0.3, 0.4) is 0 Å². The van der Waals surface area contributed by atoms with Crippen molar-refractivity contribution in [2.75, 3.05) is 11.1 Å². The van der Waals surface area contributed by atoms with Gasteiger partial charge in [-0.2, -0.15) is 0 Å². The SMILES string of the molecule is CC(C)(C(=O)Nc1ccc(F)cc1Br)c1ccc(N)cc1. The zero-order valence-electron chi connectivity index (χ0n) is 11.8. The Kier molecular flexibility index (Phi) is 4.32. The van der Waals surface area contributed by atoms with Gasteiger partial charge in [-0.3, -0.25) is 4.79 Å². The van der Waals surface area contributed by atoms with Crippen LogP contribution in [0.5, 0.6) is 0 Å². The van der Waals surface area contributed by atoms with Crippen LogP contribution in [0.4, 0.5) is 15.8 Å². The Bertz CT molecular complexity index is 668. The van der Waals surface area contributed by atoms with Crippen molar-refractivity contribution in [2.45, 2.75) is 19.3 Å². The molecule has 0 aromatic heterocycles. The van der Waals surface area contributed by atoms with Crippen LogP contribution >= 0.6 is 15.9 Å². The van der Waals surface area contributed by atoms with Gasteiger partial charge in [0, 0.05) is 10.2 Å². The largest absolute Gasteiger partial charge is 0.399 e. The predicted molar refractivity (Wildman–Crippen MR) is 86.6 cm³/mol. The fourth-order valence-electron chi connectivity index (χ4n) is 1.90. The maximum atomic E-state index is 13.1. The molecule has 110 valence electrons. The summed E-state index contributed by atoms with van der Waals surface area (Å²) in [6.45, 7) is 3.65. The molecule has 0 fully saturated rings. The van der Waals surface area contributed by atoms with E-state index in [1.54, 1.807) is 12.1 Å². The number of nitrogens with one attached hydrogen (secondary N) is 1. The highest BCUT2D eigenvalue weighted by Gasteiger charge is 2.30. The minimum atomic E-state index is -0.735. The molecule has 3 nitrogen and oxygen atoms in total. The van der Waals surface area contributed by atoms with Crippen molar-refractivity contribution in [1.82, 2.24) is 0 Å². The number of anilines is 2. The summed E-state index contributed by atoms with van der Waals surface area (Å²) in [4.78, 5) is 12.5. The van der Waals surface area contributed by atoms with Crippen molar-refractivity contribution in [3.63, 3.8) is 0 Å². The summed E-state index contributed by atoms with van der Waals surface area (Å²) in [5.41, 5.74) is 6.96. The minimum absolute atomic E-state index is 0.181. The third kappa shape index (κ3) is 3.42. The number of carbonyl (C=O) groups is 1. The predicted octanol–water partition coefficient (Wildman–Crippen LogP) is 4.09. The first-order chi connectivity index (χ1) is 9.80. The molecule has 0 atom stereocenters. The van der Waals surface area contributed by atoms with Crippen LogP contribution in [0.15, 0.2) is 46.9 Å². The molecule has 0 saturated carbocycles. The normalized spacial score (nSPS) is 11.2. The Morgan fingerprint density at radius 2 is 1.81 bits per heavy atom. The van der Waals surface area contributed by atoms with Gasteiger partial charge in [0.05, 0.1) is 11.1 Å². The molecule has 5 heteroatoms. The monoisotopic (exact) mass is 350 g/mol. The van der Waals surface area contributed by atoms with Gasteiger partial charge in [0.2, 0.25) is 5.91 Å². The molecular formula is C16H16BrFN2O. The van der Waals surface area contributed by atoms with Crippen LogP contribution in [0.2, 0.25) is 0 Å². The van der Waals surface area contributed by atoms with Crippen LogP contribution in [0.1, 0.15) is 19.4 Å². The summed E-state index contributed by atoms with van der Waals surface area (Å²) >= 11 is 3.24. The van der Waals surface area contributed by atoms with Gasteiger partial charge in [0.25, 0.3) is 0 Å². The smallest absolute Gasteiger partial charge is 0.234 e. The minimum Gasteiger partial charge on any atom is -0.399 e. The molecule has 1 amide bonds. The number of nitrogen functional groups attached to an aromatic ring is 1.